The lowest BCUT2D eigenvalue weighted by Gasteiger charge is -2.06. The van der Waals surface area contributed by atoms with Gasteiger partial charge in [0, 0.05) is 4.47 Å². The Morgan fingerprint density at radius 3 is 2.57 bits per heavy atom. The molecular formula is C9H12BrNO2S. The summed E-state index contributed by atoms with van der Waals surface area (Å²) in [6, 6.07) is 5.56. The topological polar surface area (TPSA) is 46.2 Å². The number of sulfonamides is 1. The highest BCUT2D eigenvalue weighted by Crippen LogP contribution is 2.17. The molecule has 0 saturated carbocycles. The highest BCUT2D eigenvalue weighted by Gasteiger charge is 2.10. The zero-order chi connectivity index (χ0) is 10.8. The van der Waals surface area contributed by atoms with E-state index in [1.54, 1.807) is 0 Å². The van der Waals surface area contributed by atoms with Gasteiger partial charge in [-0.3, -0.25) is 0 Å². The van der Waals surface area contributed by atoms with Crippen molar-refractivity contribution < 1.29 is 8.42 Å². The molecule has 0 amide bonds. The van der Waals surface area contributed by atoms with Crippen molar-refractivity contribution in [1.29, 1.82) is 0 Å². The first kappa shape index (κ1) is 11.7. The van der Waals surface area contributed by atoms with Crippen LogP contribution in [0.4, 0.5) is 0 Å². The number of halogens is 1. The van der Waals surface area contributed by atoms with E-state index in [0.717, 1.165) is 15.6 Å². The van der Waals surface area contributed by atoms with E-state index in [1.807, 2.05) is 25.1 Å². The first-order valence-electron chi connectivity index (χ1n) is 4.11. The van der Waals surface area contributed by atoms with Gasteiger partial charge in [0.1, 0.15) is 0 Å². The van der Waals surface area contributed by atoms with Gasteiger partial charge in [0.2, 0.25) is 10.0 Å². The first-order chi connectivity index (χ1) is 6.44. The van der Waals surface area contributed by atoms with Crippen LogP contribution in [0.2, 0.25) is 0 Å². The lowest BCUT2D eigenvalue weighted by Crippen LogP contribution is -2.20. The summed E-state index contributed by atoms with van der Waals surface area (Å²) in [5.41, 5.74) is 1.79. The molecule has 1 N–H and O–H groups in total. The van der Waals surface area contributed by atoms with Gasteiger partial charge in [-0.05, 0) is 37.2 Å². The number of rotatable bonds is 3. The highest BCUT2D eigenvalue weighted by atomic mass is 79.9. The van der Waals surface area contributed by atoms with Crippen LogP contribution in [0.15, 0.2) is 22.7 Å². The minimum atomic E-state index is -3.17. The van der Waals surface area contributed by atoms with Crippen LogP contribution in [0.3, 0.4) is 0 Å². The van der Waals surface area contributed by atoms with E-state index in [1.165, 1.54) is 7.05 Å². The Hall–Kier alpha value is -0.390. The van der Waals surface area contributed by atoms with Crippen molar-refractivity contribution in [2.24, 2.45) is 0 Å². The Morgan fingerprint density at radius 1 is 1.43 bits per heavy atom. The molecule has 3 nitrogen and oxygen atoms in total. The van der Waals surface area contributed by atoms with E-state index >= 15 is 0 Å². The zero-order valence-corrected chi connectivity index (χ0v) is 10.4. The van der Waals surface area contributed by atoms with Crippen LogP contribution >= 0.6 is 15.9 Å². The van der Waals surface area contributed by atoms with Crippen molar-refractivity contribution in [3.05, 3.63) is 33.8 Å². The van der Waals surface area contributed by atoms with Crippen LogP contribution in [0.5, 0.6) is 0 Å². The van der Waals surface area contributed by atoms with Gasteiger partial charge >= 0.3 is 0 Å². The minimum Gasteiger partial charge on any atom is -0.218 e. The van der Waals surface area contributed by atoms with Gasteiger partial charge < -0.3 is 0 Å². The third kappa shape index (κ3) is 3.08. The van der Waals surface area contributed by atoms with Gasteiger partial charge in [-0.1, -0.05) is 22.0 Å². The van der Waals surface area contributed by atoms with Crippen LogP contribution < -0.4 is 4.72 Å². The normalized spacial score (nSPS) is 11.6. The predicted molar refractivity (Wildman–Crippen MR) is 60.6 cm³/mol. The lowest BCUT2D eigenvalue weighted by molar-refractivity contribution is 0.587. The summed E-state index contributed by atoms with van der Waals surface area (Å²) >= 11 is 3.33. The van der Waals surface area contributed by atoms with Gasteiger partial charge in [0.15, 0.2) is 0 Å². The number of benzene rings is 1. The number of hydrogen-bond donors (Lipinski definition) is 1. The van der Waals surface area contributed by atoms with E-state index in [-0.39, 0.29) is 5.75 Å². The van der Waals surface area contributed by atoms with Crippen LogP contribution in [0, 0.1) is 6.92 Å². The third-order valence-electron chi connectivity index (χ3n) is 1.96. The zero-order valence-electron chi connectivity index (χ0n) is 8.04. The van der Waals surface area contributed by atoms with Crippen molar-refractivity contribution in [2.75, 3.05) is 7.05 Å². The standard InChI is InChI=1S/C9H12BrNO2S/c1-7-5-9(10)4-3-8(7)6-14(12,13)11-2/h3-5,11H,6H2,1-2H3. The van der Waals surface area contributed by atoms with E-state index in [2.05, 4.69) is 20.7 Å². The molecule has 14 heavy (non-hydrogen) atoms. The maximum Gasteiger partial charge on any atom is 0.215 e. The SMILES string of the molecule is CNS(=O)(=O)Cc1ccc(Br)cc1C. The highest BCUT2D eigenvalue weighted by molar-refractivity contribution is 9.10. The molecule has 1 aromatic carbocycles. The Bertz CT molecular complexity index is 428. The molecule has 0 aliphatic rings. The molecule has 0 fully saturated rings. The van der Waals surface area contributed by atoms with E-state index in [9.17, 15) is 8.42 Å². The molecule has 0 saturated heterocycles. The average molecular weight is 278 g/mol. The van der Waals surface area contributed by atoms with Crippen LogP contribution in [-0.4, -0.2) is 15.5 Å². The second-order valence-electron chi connectivity index (χ2n) is 3.03. The van der Waals surface area contributed by atoms with Crippen molar-refractivity contribution in [3.8, 4) is 0 Å². The molecule has 0 radical (unpaired) electrons. The lowest BCUT2D eigenvalue weighted by atomic mass is 10.1. The second kappa shape index (κ2) is 4.42. The molecule has 0 spiro atoms. The molecule has 0 aromatic heterocycles. The first-order valence-corrected chi connectivity index (χ1v) is 6.55. The van der Waals surface area contributed by atoms with Gasteiger partial charge in [0.25, 0.3) is 0 Å². The Morgan fingerprint density at radius 2 is 2.07 bits per heavy atom. The average Bonchev–Trinajstić information content (AvgIpc) is 2.10. The van der Waals surface area contributed by atoms with Crippen molar-refractivity contribution in [1.82, 2.24) is 4.72 Å². The van der Waals surface area contributed by atoms with E-state index in [4.69, 9.17) is 0 Å². The fourth-order valence-electron chi connectivity index (χ4n) is 1.10. The van der Waals surface area contributed by atoms with Gasteiger partial charge in [-0.2, -0.15) is 0 Å². The fourth-order valence-corrected chi connectivity index (χ4v) is 2.45. The maximum atomic E-state index is 11.3. The molecule has 1 rings (SSSR count). The molecule has 1 aromatic rings. The van der Waals surface area contributed by atoms with Crippen molar-refractivity contribution in [2.45, 2.75) is 12.7 Å². The molecule has 5 heteroatoms. The Labute approximate surface area is 92.7 Å². The number of aryl methyl sites for hydroxylation is 1. The van der Waals surface area contributed by atoms with Gasteiger partial charge in [0.05, 0.1) is 5.75 Å². The quantitative estimate of drug-likeness (QED) is 0.916. The van der Waals surface area contributed by atoms with E-state index in [0.29, 0.717) is 0 Å². The number of nitrogens with one attached hydrogen (secondary N) is 1. The van der Waals surface area contributed by atoms with Gasteiger partial charge in [-0.25, -0.2) is 13.1 Å². The fraction of sp³-hybridized carbons (Fsp3) is 0.333. The molecule has 0 aliphatic carbocycles. The van der Waals surface area contributed by atoms with Crippen LogP contribution in [-0.2, 0) is 15.8 Å². The summed E-state index contributed by atoms with van der Waals surface area (Å²) in [4.78, 5) is 0. The Balaban J connectivity index is 2.99. The third-order valence-corrected chi connectivity index (χ3v) is 3.77. The molecule has 0 atom stereocenters. The summed E-state index contributed by atoms with van der Waals surface area (Å²) in [6.07, 6.45) is 0. The Kier molecular flexibility index (Phi) is 3.69. The number of hydrogen-bond acceptors (Lipinski definition) is 2. The second-order valence-corrected chi connectivity index (χ2v) is 5.88. The molecule has 0 heterocycles. The molecule has 0 unspecified atom stereocenters. The maximum absolute atomic E-state index is 11.3. The summed E-state index contributed by atoms with van der Waals surface area (Å²) in [5.74, 6) is 0.0304. The minimum absolute atomic E-state index is 0.0304. The van der Waals surface area contributed by atoms with E-state index < -0.39 is 10.0 Å². The van der Waals surface area contributed by atoms with Crippen LogP contribution in [0.25, 0.3) is 0 Å². The van der Waals surface area contributed by atoms with Crippen molar-refractivity contribution >= 4 is 26.0 Å². The van der Waals surface area contributed by atoms with Gasteiger partial charge in [-0.15, -0.1) is 0 Å². The predicted octanol–water partition coefficient (Wildman–Crippen LogP) is 1.81. The molecule has 0 aliphatic heterocycles. The molecule has 0 bridgehead atoms. The van der Waals surface area contributed by atoms with Crippen LogP contribution in [0.1, 0.15) is 11.1 Å². The smallest absolute Gasteiger partial charge is 0.215 e. The monoisotopic (exact) mass is 277 g/mol. The molecular weight excluding hydrogens is 266 g/mol. The molecule has 78 valence electrons. The summed E-state index contributed by atoms with van der Waals surface area (Å²) in [7, 11) is -1.75. The summed E-state index contributed by atoms with van der Waals surface area (Å²) in [6.45, 7) is 1.89. The summed E-state index contributed by atoms with van der Waals surface area (Å²) < 4.78 is 25.8. The largest absolute Gasteiger partial charge is 0.218 e. The van der Waals surface area contributed by atoms with Crippen molar-refractivity contribution in [3.63, 3.8) is 0 Å². The summed E-state index contributed by atoms with van der Waals surface area (Å²) in [5, 5.41) is 0.